The van der Waals surface area contributed by atoms with Crippen molar-refractivity contribution in [1.29, 1.82) is 0 Å². The number of amides is 2. The van der Waals surface area contributed by atoms with Crippen LogP contribution in [-0.4, -0.2) is 35.5 Å². The maximum atomic E-state index is 13.1. The Morgan fingerprint density at radius 2 is 1.90 bits per heavy atom. The Kier molecular flexibility index (Phi) is 6.84. The number of likely N-dealkylation sites (N-methyl/N-ethyl adjacent to an activating group) is 1. The van der Waals surface area contributed by atoms with Crippen molar-refractivity contribution in [3.05, 3.63) is 63.4 Å². The van der Waals surface area contributed by atoms with E-state index in [1.807, 2.05) is 6.92 Å². The van der Waals surface area contributed by atoms with Crippen LogP contribution in [0.4, 0.5) is 4.39 Å². The minimum absolute atomic E-state index is 0.0413. The third-order valence-corrected chi connectivity index (χ3v) is 5.21. The lowest BCUT2D eigenvalue weighted by Crippen LogP contribution is -2.52. The van der Waals surface area contributed by atoms with Crippen LogP contribution in [0.25, 0.3) is 6.08 Å². The molecule has 1 aliphatic heterocycles. The van der Waals surface area contributed by atoms with E-state index in [1.54, 1.807) is 24.3 Å². The van der Waals surface area contributed by atoms with Gasteiger partial charge >= 0.3 is 0 Å². The van der Waals surface area contributed by atoms with Gasteiger partial charge in [0.15, 0.2) is 16.6 Å². The first-order valence-electron chi connectivity index (χ1n) is 8.98. The summed E-state index contributed by atoms with van der Waals surface area (Å²) in [7, 11) is 1.49. The summed E-state index contributed by atoms with van der Waals surface area (Å²) in [6, 6.07) is 9.38. The lowest BCUT2D eigenvalue weighted by molar-refractivity contribution is -0.128. The Morgan fingerprint density at radius 3 is 2.57 bits per heavy atom. The zero-order valence-electron chi connectivity index (χ0n) is 16.2. The van der Waals surface area contributed by atoms with Crippen molar-refractivity contribution in [1.82, 2.24) is 10.2 Å². The van der Waals surface area contributed by atoms with E-state index in [1.165, 1.54) is 30.2 Å². The Labute approximate surface area is 186 Å². The summed E-state index contributed by atoms with van der Waals surface area (Å²) < 4.78 is 25.2. The fraction of sp³-hybridized carbons (Fsp3) is 0.190. The van der Waals surface area contributed by atoms with E-state index < -0.39 is 11.8 Å². The van der Waals surface area contributed by atoms with Crippen molar-refractivity contribution in [3.63, 3.8) is 0 Å². The van der Waals surface area contributed by atoms with Crippen molar-refractivity contribution < 1.29 is 23.5 Å². The van der Waals surface area contributed by atoms with Crippen molar-refractivity contribution >= 4 is 51.2 Å². The fourth-order valence-corrected chi connectivity index (χ4v) is 3.47. The minimum atomic E-state index is -0.561. The zero-order valence-corrected chi connectivity index (χ0v) is 18.6. The molecule has 156 valence electrons. The highest BCUT2D eigenvalue weighted by molar-refractivity contribution is 9.10. The van der Waals surface area contributed by atoms with Gasteiger partial charge in [0, 0.05) is 7.05 Å². The second kappa shape index (κ2) is 9.36. The Balaban J connectivity index is 1.90. The molecule has 0 spiro atoms. The van der Waals surface area contributed by atoms with Crippen molar-refractivity contribution in [2.75, 3.05) is 13.7 Å². The first-order chi connectivity index (χ1) is 14.3. The van der Waals surface area contributed by atoms with E-state index in [9.17, 15) is 14.0 Å². The summed E-state index contributed by atoms with van der Waals surface area (Å²) in [5.41, 5.74) is 1.32. The number of rotatable bonds is 6. The first kappa shape index (κ1) is 21.9. The molecule has 0 bridgehead atoms. The molecule has 0 atom stereocenters. The summed E-state index contributed by atoms with van der Waals surface area (Å²) in [5, 5.41) is 2.53. The smallest absolute Gasteiger partial charge is 0.265 e. The summed E-state index contributed by atoms with van der Waals surface area (Å²) in [4.78, 5) is 25.8. The molecular formula is C21H18BrFN2O4S. The summed E-state index contributed by atoms with van der Waals surface area (Å²) in [5.74, 6) is -0.474. The van der Waals surface area contributed by atoms with E-state index >= 15 is 0 Å². The molecule has 2 aromatic rings. The largest absolute Gasteiger partial charge is 0.490 e. The molecule has 1 fully saturated rings. The number of carbonyl (C=O) groups is 2. The van der Waals surface area contributed by atoms with Gasteiger partial charge in [0.25, 0.3) is 11.8 Å². The minimum Gasteiger partial charge on any atom is -0.490 e. The third kappa shape index (κ3) is 4.85. The molecule has 3 rings (SSSR count). The molecule has 0 saturated carbocycles. The first-order valence-corrected chi connectivity index (χ1v) is 10.2. The molecule has 0 aliphatic carbocycles. The second-order valence-corrected chi connectivity index (χ2v) is 7.60. The average molecular weight is 493 g/mol. The van der Waals surface area contributed by atoms with Crippen LogP contribution in [-0.2, 0) is 16.2 Å². The van der Waals surface area contributed by atoms with Gasteiger partial charge in [0.05, 0.1) is 11.1 Å². The molecule has 0 unspecified atom stereocenters. The molecule has 1 N–H and O–H groups in total. The number of hydrogen-bond acceptors (Lipinski definition) is 5. The van der Waals surface area contributed by atoms with Crippen molar-refractivity contribution in [2.45, 2.75) is 13.5 Å². The molecule has 0 aromatic heterocycles. The van der Waals surface area contributed by atoms with Crippen LogP contribution in [0.3, 0.4) is 0 Å². The van der Waals surface area contributed by atoms with Gasteiger partial charge < -0.3 is 9.47 Å². The number of nitrogens with one attached hydrogen (secondary N) is 1. The Hall–Kier alpha value is -2.78. The molecule has 9 heteroatoms. The number of hydrogen-bond donors (Lipinski definition) is 1. The van der Waals surface area contributed by atoms with Gasteiger partial charge in [-0.2, -0.15) is 0 Å². The number of nitrogens with zero attached hydrogens (tertiary/aromatic N) is 1. The number of thiocarbonyl (C=S) groups is 1. The van der Waals surface area contributed by atoms with E-state index in [0.717, 1.165) is 5.56 Å². The van der Waals surface area contributed by atoms with E-state index in [2.05, 4.69) is 21.2 Å². The molecule has 1 aliphatic rings. The Bertz CT molecular complexity index is 1040. The van der Waals surface area contributed by atoms with Crippen LogP contribution in [0, 0.1) is 5.82 Å². The van der Waals surface area contributed by atoms with Crippen LogP contribution < -0.4 is 14.8 Å². The van der Waals surface area contributed by atoms with Gasteiger partial charge in [-0.1, -0.05) is 12.1 Å². The molecule has 6 nitrogen and oxygen atoms in total. The molecule has 1 heterocycles. The van der Waals surface area contributed by atoms with Crippen molar-refractivity contribution in [3.8, 4) is 11.5 Å². The highest BCUT2D eigenvalue weighted by atomic mass is 79.9. The zero-order chi connectivity index (χ0) is 21.8. The quantitative estimate of drug-likeness (QED) is 0.377. The van der Waals surface area contributed by atoms with Crippen LogP contribution in [0.1, 0.15) is 18.1 Å². The van der Waals surface area contributed by atoms with Crippen molar-refractivity contribution in [2.24, 2.45) is 0 Å². The van der Waals surface area contributed by atoms with E-state index in [-0.39, 0.29) is 23.1 Å². The topological polar surface area (TPSA) is 67.9 Å². The van der Waals surface area contributed by atoms with E-state index in [4.69, 9.17) is 21.7 Å². The second-order valence-electron chi connectivity index (χ2n) is 6.36. The summed E-state index contributed by atoms with van der Waals surface area (Å²) >= 11 is 8.41. The molecular weight excluding hydrogens is 475 g/mol. The monoisotopic (exact) mass is 492 g/mol. The third-order valence-electron chi connectivity index (χ3n) is 4.24. The number of ether oxygens (including phenoxy) is 2. The highest BCUT2D eigenvalue weighted by Crippen LogP contribution is 2.38. The number of benzene rings is 2. The van der Waals surface area contributed by atoms with E-state index in [0.29, 0.717) is 28.1 Å². The summed E-state index contributed by atoms with van der Waals surface area (Å²) in [6.45, 7) is 2.43. The lowest BCUT2D eigenvalue weighted by atomic mass is 10.1. The fourth-order valence-electron chi connectivity index (χ4n) is 2.72. The Morgan fingerprint density at radius 1 is 1.20 bits per heavy atom. The average Bonchev–Trinajstić information content (AvgIpc) is 2.70. The van der Waals surface area contributed by atoms with Crippen LogP contribution in [0.2, 0.25) is 0 Å². The molecule has 1 saturated heterocycles. The van der Waals surface area contributed by atoms with Crippen LogP contribution in [0.15, 0.2) is 46.4 Å². The van der Waals surface area contributed by atoms with Gasteiger partial charge in [-0.25, -0.2) is 4.39 Å². The number of carbonyl (C=O) groups excluding carboxylic acids is 2. The maximum Gasteiger partial charge on any atom is 0.265 e. The molecule has 30 heavy (non-hydrogen) atoms. The standard InChI is InChI=1S/C21H18BrFN2O4S/c1-3-28-17-10-13(8-15-19(26)24-21(30)25(2)20(15)27)9-16(22)18(17)29-11-12-4-6-14(23)7-5-12/h4-10H,3,11H2,1-2H3,(H,24,26,30)/b15-8+. The predicted molar refractivity (Wildman–Crippen MR) is 118 cm³/mol. The van der Waals surface area contributed by atoms with Crippen LogP contribution >= 0.6 is 28.1 Å². The van der Waals surface area contributed by atoms with Gasteiger partial charge in [0.2, 0.25) is 0 Å². The van der Waals surface area contributed by atoms with Gasteiger partial charge in [-0.15, -0.1) is 0 Å². The molecule has 2 amide bonds. The van der Waals surface area contributed by atoms with Gasteiger partial charge in [-0.3, -0.25) is 19.8 Å². The maximum absolute atomic E-state index is 13.1. The molecule has 2 aromatic carbocycles. The molecule has 0 radical (unpaired) electrons. The van der Waals surface area contributed by atoms with Gasteiger partial charge in [0.1, 0.15) is 18.0 Å². The number of halogens is 2. The lowest BCUT2D eigenvalue weighted by Gasteiger charge is -2.25. The summed E-state index contributed by atoms with van der Waals surface area (Å²) in [6.07, 6.45) is 1.47. The normalized spacial score (nSPS) is 15.4. The highest BCUT2D eigenvalue weighted by Gasteiger charge is 2.30. The van der Waals surface area contributed by atoms with Gasteiger partial charge in [-0.05, 0) is 76.5 Å². The predicted octanol–water partition coefficient (Wildman–Crippen LogP) is 3.82. The van der Waals surface area contributed by atoms with Crippen LogP contribution in [0.5, 0.6) is 11.5 Å². The SMILES string of the molecule is CCOc1cc(/C=C2\C(=O)NC(=S)N(C)C2=O)cc(Br)c1OCc1ccc(F)cc1.